The Bertz CT molecular complexity index is 908. The molecule has 0 bridgehead atoms. The maximum atomic E-state index is 12.3. The molecule has 0 aliphatic heterocycles. The van der Waals surface area contributed by atoms with Crippen molar-refractivity contribution in [3.05, 3.63) is 59.0 Å². The SMILES string of the molecule is O=c1c2cccc3ccn(c4cccnc14)c32. The number of hydrogen-bond donors (Lipinski definition) is 0. The number of aromatic nitrogens is 2. The molecule has 0 saturated carbocycles. The van der Waals surface area contributed by atoms with Crippen LogP contribution < -0.4 is 5.43 Å². The van der Waals surface area contributed by atoms with E-state index in [9.17, 15) is 4.79 Å². The largest absolute Gasteiger partial charge is 0.314 e. The maximum Gasteiger partial charge on any atom is 0.215 e. The summed E-state index contributed by atoms with van der Waals surface area (Å²) >= 11 is 0. The molecular formula is C14H8N2O. The zero-order chi connectivity index (χ0) is 11.4. The minimum atomic E-state index is 0.0115. The second kappa shape index (κ2) is 2.83. The van der Waals surface area contributed by atoms with E-state index in [-0.39, 0.29) is 5.43 Å². The predicted octanol–water partition coefficient (Wildman–Crippen LogP) is 2.44. The van der Waals surface area contributed by atoms with Crippen molar-refractivity contribution in [3.63, 3.8) is 0 Å². The lowest BCUT2D eigenvalue weighted by atomic mass is 10.1. The number of hydrogen-bond acceptors (Lipinski definition) is 2. The molecule has 0 atom stereocenters. The molecule has 80 valence electrons. The first kappa shape index (κ1) is 8.70. The van der Waals surface area contributed by atoms with E-state index >= 15 is 0 Å². The first-order valence-electron chi connectivity index (χ1n) is 5.46. The van der Waals surface area contributed by atoms with Crippen LogP contribution in [0.3, 0.4) is 0 Å². The van der Waals surface area contributed by atoms with Crippen molar-refractivity contribution in [1.82, 2.24) is 9.38 Å². The Labute approximate surface area is 96.3 Å². The van der Waals surface area contributed by atoms with Gasteiger partial charge in [0.2, 0.25) is 5.43 Å². The molecule has 1 aromatic carbocycles. The Morgan fingerprint density at radius 2 is 2.00 bits per heavy atom. The third-order valence-corrected chi connectivity index (χ3v) is 3.22. The van der Waals surface area contributed by atoms with E-state index in [4.69, 9.17) is 0 Å². The molecule has 3 heterocycles. The van der Waals surface area contributed by atoms with Crippen molar-refractivity contribution in [3.8, 4) is 0 Å². The number of pyridine rings is 2. The molecule has 0 saturated heterocycles. The van der Waals surface area contributed by atoms with Crippen molar-refractivity contribution in [1.29, 1.82) is 0 Å². The van der Waals surface area contributed by atoms with Crippen LogP contribution in [0.4, 0.5) is 0 Å². The van der Waals surface area contributed by atoms with Gasteiger partial charge in [-0.25, -0.2) is 0 Å². The van der Waals surface area contributed by atoms with Gasteiger partial charge in [-0.05, 0) is 24.3 Å². The second-order valence-electron chi connectivity index (χ2n) is 4.13. The van der Waals surface area contributed by atoms with Crippen LogP contribution in [0.25, 0.3) is 27.3 Å². The highest BCUT2D eigenvalue weighted by Crippen LogP contribution is 2.23. The first-order chi connectivity index (χ1) is 8.36. The summed E-state index contributed by atoms with van der Waals surface area (Å²) in [6.07, 6.45) is 3.65. The fourth-order valence-corrected chi connectivity index (χ4v) is 2.47. The highest BCUT2D eigenvalue weighted by molar-refractivity contribution is 6.01. The Hall–Kier alpha value is -2.42. The standard InChI is InChI=1S/C14H8N2O/c17-14-10-4-1-3-9-6-8-16(13(9)10)11-5-2-7-15-12(11)14/h1-8H. The highest BCUT2D eigenvalue weighted by atomic mass is 16.1. The molecule has 3 heteroatoms. The number of para-hydroxylation sites is 1. The van der Waals surface area contributed by atoms with E-state index in [1.54, 1.807) is 6.20 Å². The van der Waals surface area contributed by atoms with Crippen molar-refractivity contribution in [2.24, 2.45) is 0 Å². The molecule has 3 nitrogen and oxygen atoms in total. The van der Waals surface area contributed by atoms with E-state index in [0.29, 0.717) is 5.52 Å². The van der Waals surface area contributed by atoms with Gasteiger partial charge in [0.1, 0.15) is 5.52 Å². The lowest BCUT2D eigenvalue weighted by Crippen LogP contribution is -2.07. The predicted molar refractivity (Wildman–Crippen MR) is 67.7 cm³/mol. The smallest absolute Gasteiger partial charge is 0.215 e. The lowest BCUT2D eigenvalue weighted by molar-refractivity contribution is 1.25. The summed E-state index contributed by atoms with van der Waals surface area (Å²) in [4.78, 5) is 16.5. The highest BCUT2D eigenvalue weighted by Gasteiger charge is 2.11. The third kappa shape index (κ3) is 0.959. The molecule has 4 aromatic rings. The second-order valence-corrected chi connectivity index (χ2v) is 4.13. The van der Waals surface area contributed by atoms with Crippen LogP contribution >= 0.6 is 0 Å². The molecular weight excluding hydrogens is 212 g/mol. The van der Waals surface area contributed by atoms with Crippen molar-refractivity contribution in [2.75, 3.05) is 0 Å². The zero-order valence-corrected chi connectivity index (χ0v) is 8.92. The summed E-state index contributed by atoms with van der Waals surface area (Å²) in [6, 6.07) is 11.6. The molecule has 0 N–H and O–H groups in total. The van der Waals surface area contributed by atoms with Crippen molar-refractivity contribution >= 4 is 27.3 Å². The van der Waals surface area contributed by atoms with Crippen LogP contribution in [0, 0.1) is 0 Å². The summed E-state index contributed by atoms with van der Waals surface area (Å²) in [5, 5.41) is 1.82. The van der Waals surface area contributed by atoms with E-state index < -0.39 is 0 Å². The quantitative estimate of drug-likeness (QED) is 0.426. The van der Waals surface area contributed by atoms with E-state index in [0.717, 1.165) is 21.8 Å². The molecule has 0 unspecified atom stereocenters. The van der Waals surface area contributed by atoms with Crippen LogP contribution in [-0.4, -0.2) is 9.38 Å². The van der Waals surface area contributed by atoms with Gasteiger partial charge < -0.3 is 4.40 Å². The monoisotopic (exact) mass is 220 g/mol. The molecule has 3 aromatic heterocycles. The fraction of sp³-hybridized carbons (Fsp3) is 0. The van der Waals surface area contributed by atoms with Crippen LogP contribution in [0.5, 0.6) is 0 Å². The zero-order valence-electron chi connectivity index (χ0n) is 8.92. The minimum absolute atomic E-state index is 0.0115. The Kier molecular flexibility index (Phi) is 1.45. The Morgan fingerprint density at radius 3 is 2.94 bits per heavy atom. The molecule has 0 spiro atoms. The normalized spacial score (nSPS) is 11.8. The van der Waals surface area contributed by atoms with Gasteiger partial charge in [0.05, 0.1) is 11.0 Å². The van der Waals surface area contributed by atoms with Gasteiger partial charge in [0.15, 0.2) is 0 Å². The van der Waals surface area contributed by atoms with E-state index in [1.807, 2.05) is 47.0 Å². The van der Waals surface area contributed by atoms with Gasteiger partial charge in [-0.15, -0.1) is 0 Å². The summed E-state index contributed by atoms with van der Waals surface area (Å²) in [5.41, 5.74) is 2.39. The maximum absolute atomic E-state index is 12.3. The number of fused-ring (bicyclic) bond motifs is 2. The van der Waals surface area contributed by atoms with Crippen molar-refractivity contribution < 1.29 is 0 Å². The molecule has 0 fully saturated rings. The topological polar surface area (TPSA) is 34.4 Å². The van der Waals surface area contributed by atoms with Crippen LogP contribution in [0.1, 0.15) is 0 Å². The van der Waals surface area contributed by atoms with Crippen LogP contribution in [0.2, 0.25) is 0 Å². The Morgan fingerprint density at radius 1 is 1.06 bits per heavy atom. The van der Waals surface area contributed by atoms with E-state index in [1.165, 1.54) is 0 Å². The van der Waals surface area contributed by atoms with Gasteiger partial charge >= 0.3 is 0 Å². The van der Waals surface area contributed by atoms with E-state index in [2.05, 4.69) is 4.98 Å². The van der Waals surface area contributed by atoms with Crippen LogP contribution in [0.15, 0.2) is 53.6 Å². The lowest BCUT2D eigenvalue weighted by Gasteiger charge is -2.04. The summed E-state index contributed by atoms with van der Waals surface area (Å²) in [6.45, 7) is 0. The average molecular weight is 220 g/mol. The number of rotatable bonds is 0. The molecule has 17 heavy (non-hydrogen) atoms. The average Bonchev–Trinajstić information content (AvgIpc) is 2.81. The summed E-state index contributed by atoms with van der Waals surface area (Å²) in [7, 11) is 0. The number of nitrogens with zero attached hydrogens (tertiary/aromatic N) is 2. The van der Waals surface area contributed by atoms with Gasteiger partial charge in [-0.3, -0.25) is 9.78 Å². The summed E-state index contributed by atoms with van der Waals surface area (Å²) < 4.78 is 2.04. The minimum Gasteiger partial charge on any atom is -0.314 e. The first-order valence-corrected chi connectivity index (χ1v) is 5.46. The molecule has 4 rings (SSSR count). The van der Waals surface area contributed by atoms with Crippen LogP contribution in [-0.2, 0) is 0 Å². The molecule has 0 radical (unpaired) electrons. The van der Waals surface area contributed by atoms with Crippen molar-refractivity contribution in [2.45, 2.75) is 0 Å². The summed E-state index contributed by atoms with van der Waals surface area (Å²) in [5.74, 6) is 0. The van der Waals surface area contributed by atoms with Gasteiger partial charge in [-0.2, -0.15) is 0 Å². The molecule has 0 amide bonds. The molecule has 0 aliphatic carbocycles. The fourth-order valence-electron chi connectivity index (χ4n) is 2.47. The third-order valence-electron chi connectivity index (χ3n) is 3.22. The number of benzene rings is 1. The van der Waals surface area contributed by atoms with Gasteiger partial charge in [-0.1, -0.05) is 12.1 Å². The van der Waals surface area contributed by atoms with Gasteiger partial charge in [0.25, 0.3) is 0 Å². The van der Waals surface area contributed by atoms with Gasteiger partial charge in [0, 0.05) is 23.2 Å². The molecule has 0 aliphatic rings. The Balaban J connectivity index is 2.53.